The van der Waals surface area contributed by atoms with Crippen LogP contribution in [0, 0.1) is 5.41 Å². The minimum Gasteiger partial charge on any atom is -0.376 e. The van der Waals surface area contributed by atoms with Gasteiger partial charge in [0.05, 0.1) is 6.10 Å². The third kappa shape index (κ3) is 3.23. The number of carbonyl (C=O) groups excluding carboxylic acids is 1. The third-order valence-corrected chi connectivity index (χ3v) is 4.32. The molecule has 2 aliphatic rings. The summed E-state index contributed by atoms with van der Waals surface area (Å²) in [4.78, 5) is 14.4. The van der Waals surface area contributed by atoms with Crippen molar-refractivity contribution < 1.29 is 9.53 Å². The van der Waals surface area contributed by atoms with Gasteiger partial charge in [0.25, 0.3) is 0 Å². The standard InChI is InChI=1S/C14H26N2O2/c1-14(6-8-15-9-7-14)13(17)16(2)11-12-5-3-4-10-18-12/h12,15H,3-11H2,1-2H3. The van der Waals surface area contributed by atoms with E-state index in [2.05, 4.69) is 12.2 Å². The monoisotopic (exact) mass is 254 g/mol. The van der Waals surface area contributed by atoms with Crippen molar-refractivity contribution in [2.24, 2.45) is 5.41 Å². The van der Waals surface area contributed by atoms with Crippen molar-refractivity contribution in [2.45, 2.75) is 45.1 Å². The van der Waals surface area contributed by atoms with Gasteiger partial charge < -0.3 is 15.0 Å². The Kier molecular flexibility index (Phi) is 4.62. The molecular formula is C14H26N2O2. The summed E-state index contributed by atoms with van der Waals surface area (Å²) >= 11 is 0. The molecule has 2 aliphatic heterocycles. The number of piperidine rings is 1. The molecule has 4 heteroatoms. The summed E-state index contributed by atoms with van der Waals surface area (Å²) in [6.45, 7) is 5.62. The van der Waals surface area contributed by atoms with Crippen molar-refractivity contribution in [1.29, 1.82) is 0 Å². The number of ether oxygens (including phenoxy) is 1. The number of likely N-dealkylation sites (N-methyl/N-ethyl adjacent to an activating group) is 1. The lowest BCUT2D eigenvalue weighted by Gasteiger charge is -2.37. The maximum absolute atomic E-state index is 12.5. The van der Waals surface area contributed by atoms with Crippen LogP contribution in [0.15, 0.2) is 0 Å². The molecule has 2 fully saturated rings. The van der Waals surface area contributed by atoms with E-state index in [1.807, 2.05) is 11.9 Å². The predicted molar refractivity (Wildman–Crippen MR) is 71.4 cm³/mol. The molecule has 1 amide bonds. The van der Waals surface area contributed by atoms with Gasteiger partial charge in [0.15, 0.2) is 0 Å². The first-order valence-electron chi connectivity index (χ1n) is 7.20. The number of hydrogen-bond acceptors (Lipinski definition) is 3. The molecule has 104 valence electrons. The van der Waals surface area contributed by atoms with Gasteiger partial charge in [0, 0.05) is 25.6 Å². The largest absolute Gasteiger partial charge is 0.376 e. The van der Waals surface area contributed by atoms with Crippen LogP contribution < -0.4 is 5.32 Å². The first-order chi connectivity index (χ1) is 8.62. The summed E-state index contributed by atoms with van der Waals surface area (Å²) in [5.41, 5.74) is -0.172. The molecule has 0 aromatic carbocycles. The summed E-state index contributed by atoms with van der Waals surface area (Å²) in [7, 11) is 1.92. The van der Waals surface area contributed by atoms with E-state index in [4.69, 9.17) is 4.74 Å². The van der Waals surface area contributed by atoms with Gasteiger partial charge in [-0.3, -0.25) is 4.79 Å². The topological polar surface area (TPSA) is 41.6 Å². The minimum absolute atomic E-state index is 0.172. The number of nitrogens with zero attached hydrogens (tertiary/aromatic N) is 1. The van der Waals surface area contributed by atoms with Crippen LogP contribution in [0.4, 0.5) is 0 Å². The molecule has 0 spiro atoms. The fourth-order valence-corrected chi connectivity index (χ4v) is 2.99. The van der Waals surface area contributed by atoms with E-state index < -0.39 is 0 Å². The summed E-state index contributed by atoms with van der Waals surface area (Å²) in [5.74, 6) is 0.290. The fraction of sp³-hybridized carbons (Fsp3) is 0.929. The maximum Gasteiger partial charge on any atom is 0.228 e. The van der Waals surface area contributed by atoms with Crippen LogP contribution >= 0.6 is 0 Å². The molecule has 2 heterocycles. The van der Waals surface area contributed by atoms with Crippen molar-refractivity contribution >= 4 is 5.91 Å². The van der Waals surface area contributed by atoms with E-state index in [1.165, 1.54) is 6.42 Å². The van der Waals surface area contributed by atoms with Gasteiger partial charge in [-0.25, -0.2) is 0 Å². The number of carbonyl (C=O) groups is 1. The molecule has 1 unspecified atom stereocenters. The van der Waals surface area contributed by atoms with Crippen LogP contribution in [-0.2, 0) is 9.53 Å². The molecule has 0 radical (unpaired) electrons. The minimum atomic E-state index is -0.172. The molecular weight excluding hydrogens is 228 g/mol. The highest BCUT2D eigenvalue weighted by molar-refractivity contribution is 5.82. The number of nitrogens with one attached hydrogen (secondary N) is 1. The lowest BCUT2D eigenvalue weighted by Crippen LogP contribution is -2.48. The molecule has 0 aromatic rings. The molecule has 0 bridgehead atoms. The van der Waals surface area contributed by atoms with Crippen molar-refractivity contribution in [2.75, 3.05) is 33.3 Å². The van der Waals surface area contributed by atoms with Gasteiger partial charge in [0.2, 0.25) is 5.91 Å². The van der Waals surface area contributed by atoms with Crippen molar-refractivity contribution in [3.05, 3.63) is 0 Å². The maximum atomic E-state index is 12.5. The molecule has 18 heavy (non-hydrogen) atoms. The zero-order valence-corrected chi connectivity index (χ0v) is 11.7. The van der Waals surface area contributed by atoms with Crippen LogP contribution in [0.2, 0.25) is 0 Å². The van der Waals surface area contributed by atoms with E-state index in [1.54, 1.807) is 0 Å². The number of hydrogen-bond donors (Lipinski definition) is 1. The molecule has 4 nitrogen and oxygen atoms in total. The highest BCUT2D eigenvalue weighted by Gasteiger charge is 2.37. The Labute approximate surface area is 110 Å². The lowest BCUT2D eigenvalue weighted by atomic mass is 9.79. The average Bonchev–Trinajstić information content (AvgIpc) is 2.40. The van der Waals surface area contributed by atoms with Gasteiger partial charge in [-0.1, -0.05) is 6.92 Å². The van der Waals surface area contributed by atoms with E-state index in [-0.39, 0.29) is 17.4 Å². The molecule has 1 N–H and O–H groups in total. The second-order valence-electron chi connectivity index (χ2n) is 5.98. The zero-order chi connectivity index (χ0) is 13.0. The van der Waals surface area contributed by atoms with Crippen LogP contribution in [0.3, 0.4) is 0 Å². The van der Waals surface area contributed by atoms with E-state index in [9.17, 15) is 4.79 Å². The van der Waals surface area contributed by atoms with Crippen molar-refractivity contribution in [3.63, 3.8) is 0 Å². The van der Waals surface area contributed by atoms with E-state index in [0.29, 0.717) is 0 Å². The quantitative estimate of drug-likeness (QED) is 0.828. The van der Waals surface area contributed by atoms with Crippen LogP contribution in [0.1, 0.15) is 39.0 Å². The third-order valence-electron chi connectivity index (χ3n) is 4.32. The smallest absolute Gasteiger partial charge is 0.228 e. The molecule has 0 aromatic heterocycles. The summed E-state index contributed by atoms with van der Waals surface area (Å²) in [6, 6.07) is 0. The SMILES string of the molecule is CN(CC1CCCCO1)C(=O)C1(C)CCNCC1. The number of rotatable bonds is 3. The number of amides is 1. The Morgan fingerprint density at radius 1 is 1.39 bits per heavy atom. The summed E-state index contributed by atoms with van der Waals surface area (Å²) in [5, 5.41) is 3.32. The first-order valence-corrected chi connectivity index (χ1v) is 7.20. The van der Waals surface area contributed by atoms with Gasteiger partial charge in [-0.05, 0) is 45.2 Å². The highest BCUT2D eigenvalue weighted by atomic mass is 16.5. The molecule has 0 saturated carbocycles. The highest BCUT2D eigenvalue weighted by Crippen LogP contribution is 2.30. The lowest BCUT2D eigenvalue weighted by molar-refractivity contribution is -0.143. The van der Waals surface area contributed by atoms with Crippen LogP contribution in [0.25, 0.3) is 0 Å². The zero-order valence-electron chi connectivity index (χ0n) is 11.7. The Balaban J connectivity index is 1.86. The first kappa shape index (κ1) is 13.8. The average molecular weight is 254 g/mol. The normalized spacial score (nSPS) is 27.8. The molecule has 2 saturated heterocycles. The van der Waals surface area contributed by atoms with Gasteiger partial charge in [0.1, 0.15) is 0 Å². The van der Waals surface area contributed by atoms with E-state index in [0.717, 1.165) is 51.9 Å². The van der Waals surface area contributed by atoms with E-state index >= 15 is 0 Å². The van der Waals surface area contributed by atoms with Crippen molar-refractivity contribution in [3.8, 4) is 0 Å². The Bertz CT molecular complexity index is 282. The summed E-state index contributed by atoms with van der Waals surface area (Å²) < 4.78 is 5.71. The van der Waals surface area contributed by atoms with Crippen LogP contribution in [0.5, 0.6) is 0 Å². The van der Waals surface area contributed by atoms with Gasteiger partial charge >= 0.3 is 0 Å². The molecule has 1 atom stereocenters. The second kappa shape index (κ2) is 6.02. The van der Waals surface area contributed by atoms with Crippen molar-refractivity contribution in [1.82, 2.24) is 10.2 Å². The predicted octanol–water partition coefficient (Wildman–Crippen LogP) is 1.40. The Morgan fingerprint density at radius 2 is 2.11 bits per heavy atom. The Morgan fingerprint density at radius 3 is 2.72 bits per heavy atom. The van der Waals surface area contributed by atoms with Gasteiger partial charge in [-0.15, -0.1) is 0 Å². The molecule has 2 rings (SSSR count). The fourth-order valence-electron chi connectivity index (χ4n) is 2.99. The second-order valence-corrected chi connectivity index (χ2v) is 5.98. The van der Waals surface area contributed by atoms with Crippen LogP contribution in [-0.4, -0.2) is 50.2 Å². The van der Waals surface area contributed by atoms with Gasteiger partial charge in [-0.2, -0.15) is 0 Å². The molecule has 0 aliphatic carbocycles. The Hall–Kier alpha value is -0.610. The summed E-state index contributed by atoms with van der Waals surface area (Å²) in [6.07, 6.45) is 5.63.